The van der Waals surface area contributed by atoms with E-state index in [1.807, 2.05) is 25.9 Å². The predicted molar refractivity (Wildman–Crippen MR) is 321 cm³/mol. The number of hydrogen-bond acceptors (Lipinski definition) is 13. The molecule has 3 saturated carbocycles. The number of aliphatic imine (C=N–C) groups is 1. The standard InChI is InChI=1S/C13H23NO.2C12H21NO.C9H15N3.C9H21N3.C8H12N2O/c1-9-7-13(3)8-14(4)6-5-11(13)10(2)12(9)15;1-9-10-5-7-13(3)8-12(10,2)6-4-11(9)14;1-8-6-12(3)7-13-5-4-10(12)9(2)11(8)14;1-9(11-3)7-12(4)6-5-8(9)10-2;1-9(6-10)7-12(3)5-4-8(9)11-2;1-8(9-2)6-10(3)5-4-7(8)11/h9-11H,5-8H2,1-4H3;9-10H,4-8H2,1-3H3;8-10,13H,4-7H2,1-3H3;5-7H2,1-2,4H3;8,11H,4-7,10H2,1-3H3;4-6H2,1,3H3. The monoisotopic (exact) mass is 1090 g/mol. The summed E-state index contributed by atoms with van der Waals surface area (Å²) in [5, 5.41) is 6.83. The lowest BCUT2D eigenvalue weighted by Gasteiger charge is -2.52. The van der Waals surface area contributed by atoms with Gasteiger partial charge in [-0.15, -0.1) is 0 Å². The SMILES string of the molecule is CC1C(=O)CCC2(C)CN(C)CCC12.CC1CC2(C)CN(C)CCC2C(C)C1=O.CC1CC2(C)CNCCC2C(C)C1=O.CNC1CCN(C)CC1(C)CN.[C-]#[N+]C1(C)CN(C)CCC1=NC.[C-]#[N+]C1(C)CN(C)CCC1=O. The zero-order chi connectivity index (χ0) is 58.8. The average Bonchev–Trinajstić information content (AvgIpc) is 3.38. The van der Waals surface area contributed by atoms with E-state index in [0.717, 1.165) is 96.7 Å². The van der Waals surface area contributed by atoms with Crippen LogP contribution in [0.15, 0.2) is 4.99 Å². The maximum Gasteiger partial charge on any atom is 0.299 e. The molecule has 15 heteroatoms. The van der Waals surface area contributed by atoms with Gasteiger partial charge in [0.1, 0.15) is 17.3 Å². The number of piperidine rings is 6. The van der Waals surface area contributed by atoms with Gasteiger partial charge in [0.05, 0.1) is 18.8 Å². The van der Waals surface area contributed by atoms with Crippen molar-refractivity contribution < 1.29 is 19.2 Å². The second-order valence-electron chi connectivity index (χ2n) is 28.2. The molecule has 9 aliphatic rings. The first-order chi connectivity index (χ1) is 36.3. The third-order valence-corrected chi connectivity index (χ3v) is 21.1. The van der Waals surface area contributed by atoms with Crippen molar-refractivity contribution in [3.63, 3.8) is 0 Å². The van der Waals surface area contributed by atoms with Gasteiger partial charge in [-0.3, -0.25) is 34.0 Å². The number of nitrogens with one attached hydrogen (secondary N) is 2. The molecule has 0 bridgehead atoms. The van der Waals surface area contributed by atoms with E-state index in [4.69, 9.17) is 18.9 Å². The molecule has 0 aromatic heterocycles. The fraction of sp³-hybridized carbons (Fsp3) is 0.889. The fourth-order valence-corrected chi connectivity index (χ4v) is 16.4. The van der Waals surface area contributed by atoms with Crippen LogP contribution < -0.4 is 16.4 Å². The van der Waals surface area contributed by atoms with Crippen molar-refractivity contribution in [3.05, 3.63) is 22.8 Å². The van der Waals surface area contributed by atoms with E-state index in [1.54, 1.807) is 14.0 Å². The van der Waals surface area contributed by atoms with Gasteiger partial charge in [-0.1, -0.05) is 62.3 Å². The number of likely N-dealkylation sites (tertiary alicyclic amines) is 5. The van der Waals surface area contributed by atoms with E-state index in [1.165, 1.54) is 45.3 Å². The third kappa shape index (κ3) is 16.4. The minimum absolute atomic E-state index is 0.0885. The van der Waals surface area contributed by atoms with Gasteiger partial charge >= 0.3 is 0 Å². The molecule has 0 amide bonds. The molecule has 0 aromatic carbocycles. The molecule has 3 aliphatic carbocycles. The van der Waals surface area contributed by atoms with Crippen LogP contribution in [0.5, 0.6) is 0 Å². The van der Waals surface area contributed by atoms with Gasteiger partial charge in [-0.25, -0.2) is 13.1 Å². The molecule has 0 radical (unpaired) electrons. The number of fused-ring (bicyclic) bond motifs is 3. The maximum absolute atomic E-state index is 12.0. The van der Waals surface area contributed by atoms with Crippen molar-refractivity contribution in [3.8, 4) is 0 Å². The summed E-state index contributed by atoms with van der Waals surface area (Å²) < 4.78 is 0. The average molecular weight is 1090 g/mol. The molecule has 78 heavy (non-hydrogen) atoms. The summed E-state index contributed by atoms with van der Waals surface area (Å²) >= 11 is 0. The Balaban J connectivity index is 0.000000203. The number of nitrogens with two attached hydrogens (primary N) is 1. The van der Waals surface area contributed by atoms with E-state index in [0.29, 0.717) is 76.3 Å². The molecule has 0 spiro atoms. The number of carbonyl (C=O) groups is 4. The molecule has 15 nitrogen and oxygen atoms in total. The highest BCUT2D eigenvalue weighted by molar-refractivity contribution is 5.96. The number of nitrogens with zero attached hydrogens (tertiary/aromatic N) is 8. The van der Waals surface area contributed by atoms with Gasteiger partial charge in [0.2, 0.25) is 5.78 Å². The van der Waals surface area contributed by atoms with Crippen LogP contribution in [0.4, 0.5) is 0 Å². The molecule has 15 unspecified atom stereocenters. The van der Waals surface area contributed by atoms with Crippen LogP contribution in [0.2, 0.25) is 0 Å². The number of hydrogen-bond donors (Lipinski definition) is 3. The summed E-state index contributed by atoms with van der Waals surface area (Å²) in [4.78, 5) is 69.4. The Labute approximate surface area is 475 Å². The first kappa shape index (κ1) is 67.5. The second-order valence-corrected chi connectivity index (χ2v) is 28.2. The van der Waals surface area contributed by atoms with E-state index < -0.39 is 5.54 Å². The molecule has 6 heterocycles. The van der Waals surface area contributed by atoms with Crippen molar-refractivity contribution >= 4 is 28.8 Å². The first-order valence-electron chi connectivity index (χ1n) is 30.2. The molecule has 444 valence electrons. The highest BCUT2D eigenvalue weighted by atomic mass is 16.1. The molecule has 15 atom stereocenters. The van der Waals surface area contributed by atoms with E-state index >= 15 is 0 Å². The van der Waals surface area contributed by atoms with E-state index in [-0.39, 0.29) is 40.4 Å². The lowest BCUT2D eigenvalue weighted by atomic mass is 9.57. The smallest absolute Gasteiger partial charge is 0.299 e. The molecule has 6 saturated heterocycles. The number of carbonyl (C=O) groups excluding carboxylic acids is 4. The highest BCUT2D eigenvalue weighted by Crippen LogP contribution is 2.50. The molecule has 0 aromatic rings. The predicted octanol–water partition coefficient (Wildman–Crippen LogP) is 7.49. The normalized spacial score (nSPS) is 42.0. The zero-order valence-electron chi connectivity index (χ0n) is 52.7. The number of likely N-dealkylation sites (N-methyl/N-ethyl adjacent to an activating group) is 2. The maximum atomic E-state index is 12.0. The van der Waals surface area contributed by atoms with Crippen LogP contribution in [-0.4, -0.2) is 205 Å². The summed E-state index contributed by atoms with van der Waals surface area (Å²) in [7, 11) is 14.4. The van der Waals surface area contributed by atoms with Crippen molar-refractivity contribution in [1.82, 2.24) is 35.1 Å². The number of ketones is 4. The summed E-state index contributed by atoms with van der Waals surface area (Å²) in [6.07, 6.45) is 10.3. The summed E-state index contributed by atoms with van der Waals surface area (Å²) in [5.41, 5.74) is 7.10. The third-order valence-electron chi connectivity index (χ3n) is 21.1. The highest BCUT2D eigenvalue weighted by Gasteiger charge is 2.51. The van der Waals surface area contributed by atoms with Crippen LogP contribution in [0.3, 0.4) is 0 Å². The second kappa shape index (κ2) is 28.3. The van der Waals surface area contributed by atoms with E-state index in [9.17, 15) is 19.2 Å². The Bertz CT molecular complexity index is 2140. The topological polar surface area (TPSA) is 156 Å². The number of rotatable bonds is 2. The Morgan fingerprint density at radius 1 is 0.603 bits per heavy atom. The fourth-order valence-electron chi connectivity index (χ4n) is 16.4. The Kier molecular flexibility index (Phi) is 24.5. The van der Waals surface area contributed by atoms with E-state index in [2.05, 4.69) is 135 Å². The molecular weight excluding hydrogens is 975 g/mol. The molecule has 9 fully saturated rings. The van der Waals surface area contributed by atoms with Crippen LogP contribution in [-0.2, 0) is 19.2 Å². The molecular formula is C63H113N11O4. The quantitative estimate of drug-likeness (QED) is 0.235. The summed E-state index contributed by atoms with van der Waals surface area (Å²) in [5.74, 6) is 4.88. The van der Waals surface area contributed by atoms with Crippen molar-refractivity contribution in [1.29, 1.82) is 0 Å². The summed E-state index contributed by atoms with van der Waals surface area (Å²) in [6, 6.07) is 0.582. The lowest BCUT2D eigenvalue weighted by molar-refractivity contribution is -0.139. The van der Waals surface area contributed by atoms with Crippen LogP contribution in [0.1, 0.15) is 140 Å². The minimum atomic E-state index is -0.771. The van der Waals surface area contributed by atoms with Crippen LogP contribution in [0.25, 0.3) is 9.69 Å². The minimum Gasteiger partial charge on any atom is -0.330 e. The van der Waals surface area contributed by atoms with Gasteiger partial charge in [0.15, 0.2) is 0 Å². The zero-order valence-corrected chi connectivity index (χ0v) is 52.7. The van der Waals surface area contributed by atoms with Gasteiger partial charge in [0.25, 0.3) is 11.1 Å². The molecule has 9 rings (SSSR count). The van der Waals surface area contributed by atoms with Crippen molar-refractivity contribution in [2.45, 2.75) is 157 Å². The van der Waals surface area contributed by atoms with Crippen molar-refractivity contribution in [2.24, 2.45) is 79.7 Å². The first-order valence-corrected chi connectivity index (χ1v) is 30.2. The largest absolute Gasteiger partial charge is 0.330 e. The molecule has 4 N–H and O–H groups in total. The Morgan fingerprint density at radius 3 is 1.58 bits per heavy atom. The van der Waals surface area contributed by atoms with Gasteiger partial charge in [-0.05, 0) is 147 Å². The van der Waals surface area contributed by atoms with Crippen LogP contribution >= 0.6 is 0 Å². The van der Waals surface area contributed by atoms with Gasteiger partial charge in [-0.2, -0.15) is 0 Å². The van der Waals surface area contributed by atoms with Crippen LogP contribution in [0, 0.1) is 82.1 Å². The van der Waals surface area contributed by atoms with Crippen molar-refractivity contribution in [2.75, 3.05) is 134 Å². The van der Waals surface area contributed by atoms with Gasteiger partial charge in [0, 0.05) is 127 Å². The van der Waals surface area contributed by atoms with Gasteiger partial charge < -0.3 is 40.8 Å². The molecule has 6 aliphatic heterocycles. The Hall–Kier alpha value is -2.99. The summed E-state index contributed by atoms with van der Waals surface area (Å²) in [6.45, 7) is 50.8. The number of Topliss-reactive ketones (excluding diaryl/α,β-unsaturated/α-hetero) is 4. The Morgan fingerprint density at radius 2 is 1.06 bits per heavy atom. The lowest BCUT2D eigenvalue weighted by Crippen LogP contribution is -2.57.